The normalized spacial score (nSPS) is 10.8. The molecule has 3 aromatic rings. The number of nitrogens with one attached hydrogen (secondary N) is 2. The number of amides is 2. The van der Waals surface area contributed by atoms with Crippen molar-refractivity contribution in [1.82, 2.24) is 10.7 Å². The van der Waals surface area contributed by atoms with Gasteiger partial charge in [-0.1, -0.05) is 36.4 Å². The highest BCUT2D eigenvalue weighted by Gasteiger charge is 2.10. The third kappa shape index (κ3) is 3.67. The van der Waals surface area contributed by atoms with Crippen LogP contribution in [0.2, 0.25) is 0 Å². The summed E-state index contributed by atoms with van der Waals surface area (Å²) in [6, 6.07) is 16.5. The van der Waals surface area contributed by atoms with Crippen LogP contribution in [0, 0.1) is 0 Å². The number of hydrazone groups is 1. The summed E-state index contributed by atoms with van der Waals surface area (Å²) in [5.41, 5.74) is 2.85. The largest absolute Gasteiger partial charge is 0.463 e. The second kappa shape index (κ2) is 7.23. The van der Waals surface area contributed by atoms with E-state index in [1.54, 1.807) is 18.2 Å². The quantitative estimate of drug-likeness (QED) is 0.559. The van der Waals surface area contributed by atoms with E-state index >= 15 is 0 Å². The molecule has 0 saturated carbocycles. The molecular weight excluding hydrogens is 306 g/mol. The Hall–Kier alpha value is -3.41. The van der Waals surface area contributed by atoms with Crippen LogP contribution in [0.5, 0.6) is 0 Å². The standard InChI is InChI=1S/C18H15N3O3/c22-17(21-20-11-14-7-4-10-24-14)12-19-18(23)16-9-3-6-13-5-1-2-8-15(13)16/h1-11H,12H2,(H,19,23)(H,21,22)/b20-11-. The molecule has 0 aliphatic carbocycles. The van der Waals surface area contributed by atoms with Gasteiger partial charge in [0.05, 0.1) is 19.0 Å². The number of fused-ring (bicyclic) bond motifs is 1. The van der Waals surface area contributed by atoms with Crippen molar-refractivity contribution >= 4 is 28.8 Å². The Bertz CT molecular complexity index is 880. The van der Waals surface area contributed by atoms with Gasteiger partial charge in [-0.25, -0.2) is 5.43 Å². The molecule has 0 spiro atoms. The molecule has 2 amide bonds. The fourth-order valence-corrected chi connectivity index (χ4v) is 2.25. The van der Waals surface area contributed by atoms with Crippen molar-refractivity contribution in [3.05, 3.63) is 72.2 Å². The lowest BCUT2D eigenvalue weighted by Crippen LogP contribution is -2.35. The van der Waals surface area contributed by atoms with E-state index in [-0.39, 0.29) is 12.5 Å². The van der Waals surface area contributed by atoms with E-state index in [0.717, 1.165) is 10.8 Å². The van der Waals surface area contributed by atoms with E-state index in [4.69, 9.17) is 4.42 Å². The third-order valence-electron chi connectivity index (χ3n) is 3.37. The average molecular weight is 321 g/mol. The van der Waals surface area contributed by atoms with Crippen molar-refractivity contribution in [2.45, 2.75) is 0 Å². The van der Waals surface area contributed by atoms with Gasteiger partial charge in [0.25, 0.3) is 11.8 Å². The highest BCUT2D eigenvalue weighted by molar-refractivity contribution is 6.07. The highest BCUT2D eigenvalue weighted by atomic mass is 16.3. The van der Waals surface area contributed by atoms with Crippen LogP contribution in [-0.4, -0.2) is 24.6 Å². The van der Waals surface area contributed by atoms with Crippen LogP contribution >= 0.6 is 0 Å². The molecule has 0 aliphatic rings. The molecule has 0 fully saturated rings. The van der Waals surface area contributed by atoms with Crippen molar-refractivity contribution in [3.63, 3.8) is 0 Å². The fourth-order valence-electron chi connectivity index (χ4n) is 2.25. The molecule has 1 heterocycles. The van der Waals surface area contributed by atoms with Gasteiger partial charge in [-0.05, 0) is 29.0 Å². The Balaban J connectivity index is 1.57. The summed E-state index contributed by atoms with van der Waals surface area (Å²) >= 11 is 0. The topological polar surface area (TPSA) is 83.7 Å². The minimum absolute atomic E-state index is 0.169. The zero-order valence-corrected chi connectivity index (χ0v) is 12.7. The van der Waals surface area contributed by atoms with Gasteiger partial charge < -0.3 is 9.73 Å². The van der Waals surface area contributed by atoms with Gasteiger partial charge in [-0.2, -0.15) is 5.10 Å². The minimum atomic E-state index is -0.425. The molecule has 120 valence electrons. The second-order valence-corrected chi connectivity index (χ2v) is 5.02. The smallest absolute Gasteiger partial charge is 0.259 e. The summed E-state index contributed by atoms with van der Waals surface area (Å²) in [5, 5.41) is 8.14. The Morgan fingerprint density at radius 1 is 1.04 bits per heavy atom. The van der Waals surface area contributed by atoms with Gasteiger partial charge in [-0.15, -0.1) is 0 Å². The molecule has 1 aromatic heterocycles. The predicted octanol–water partition coefficient (Wildman–Crippen LogP) is 2.31. The summed E-state index contributed by atoms with van der Waals surface area (Å²) in [6.45, 7) is -0.169. The van der Waals surface area contributed by atoms with Crippen LogP contribution in [0.15, 0.2) is 70.4 Å². The second-order valence-electron chi connectivity index (χ2n) is 5.02. The first-order chi connectivity index (χ1) is 11.7. The lowest BCUT2D eigenvalue weighted by atomic mass is 10.0. The fraction of sp³-hybridized carbons (Fsp3) is 0.0556. The van der Waals surface area contributed by atoms with Crippen molar-refractivity contribution in [2.24, 2.45) is 5.10 Å². The van der Waals surface area contributed by atoms with Crippen molar-refractivity contribution in [3.8, 4) is 0 Å². The number of hydrogen-bond donors (Lipinski definition) is 2. The number of carbonyl (C=O) groups excluding carboxylic acids is 2. The molecule has 3 rings (SSSR count). The van der Waals surface area contributed by atoms with Crippen LogP contribution in [-0.2, 0) is 4.79 Å². The Kier molecular flexibility index (Phi) is 4.67. The Labute approximate surface area is 138 Å². The first-order valence-electron chi connectivity index (χ1n) is 7.35. The number of nitrogens with zero attached hydrogens (tertiary/aromatic N) is 1. The van der Waals surface area contributed by atoms with Gasteiger partial charge >= 0.3 is 0 Å². The number of hydrogen-bond acceptors (Lipinski definition) is 4. The SMILES string of the molecule is O=C(CNC(=O)c1cccc2ccccc12)N/N=C\c1ccco1. The number of rotatable bonds is 5. The van der Waals surface area contributed by atoms with Crippen LogP contribution in [0.3, 0.4) is 0 Å². The maximum absolute atomic E-state index is 12.3. The summed E-state index contributed by atoms with van der Waals surface area (Å²) in [7, 11) is 0. The molecule has 0 aliphatic heterocycles. The van der Waals surface area contributed by atoms with Gasteiger partial charge in [-0.3, -0.25) is 9.59 Å². The summed E-state index contributed by atoms with van der Waals surface area (Å²) in [5.74, 6) is -0.210. The van der Waals surface area contributed by atoms with E-state index in [0.29, 0.717) is 11.3 Å². The molecule has 2 aromatic carbocycles. The number of carbonyl (C=O) groups is 2. The van der Waals surface area contributed by atoms with E-state index < -0.39 is 5.91 Å². The Morgan fingerprint density at radius 3 is 2.71 bits per heavy atom. The number of benzene rings is 2. The first kappa shape index (κ1) is 15.5. The molecular formula is C18H15N3O3. The van der Waals surface area contributed by atoms with Gasteiger partial charge in [0.1, 0.15) is 5.76 Å². The number of furan rings is 1. The predicted molar refractivity (Wildman–Crippen MR) is 90.7 cm³/mol. The summed E-state index contributed by atoms with van der Waals surface area (Å²) in [4.78, 5) is 24.0. The van der Waals surface area contributed by atoms with Crippen molar-refractivity contribution in [2.75, 3.05) is 6.54 Å². The van der Waals surface area contributed by atoms with Crippen molar-refractivity contribution in [1.29, 1.82) is 0 Å². The van der Waals surface area contributed by atoms with Crippen LogP contribution in [0.25, 0.3) is 10.8 Å². The van der Waals surface area contributed by atoms with E-state index in [9.17, 15) is 9.59 Å². The lowest BCUT2D eigenvalue weighted by molar-refractivity contribution is -0.120. The molecule has 0 unspecified atom stereocenters. The molecule has 0 atom stereocenters. The minimum Gasteiger partial charge on any atom is -0.463 e. The zero-order valence-electron chi connectivity index (χ0n) is 12.7. The van der Waals surface area contributed by atoms with Crippen molar-refractivity contribution < 1.29 is 14.0 Å². The molecule has 6 nitrogen and oxygen atoms in total. The van der Waals surface area contributed by atoms with E-state index in [1.807, 2.05) is 36.4 Å². The average Bonchev–Trinajstić information content (AvgIpc) is 3.12. The zero-order chi connectivity index (χ0) is 16.8. The first-order valence-corrected chi connectivity index (χ1v) is 7.35. The lowest BCUT2D eigenvalue weighted by Gasteiger charge is -2.07. The molecule has 0 bridgehead atoms. The maximum atomic E-state index is 12.3. The summed E-state index contributed by atoms with van der Waals surface area (Å²) < 4.78 is 5.04. The highest BCUT2D eigenvalue weighted by Crippen LogP contribution is 2.18. The van der Waals surface area contributed by atoms with Gasteiger partial charge in [0.2, 0.25) is 0 Å². The van der Waals surface area contributed by atoms with E-state index in [2.05, 4.69) is 15.8 Å². The molecule has 24 heavy (non-hydrogen) atoms. The third-order valence-corrected chi connectivity index (χ3v) is 3.37. The molecule has 0 radical (unpaired) electrons. The molecule has 0 saturated heterocycles. The molecule has 6 heteroatoms. The monoisotopic (exact) mass is 321 g/mol. The summed E-state index contributed by atoms with van der Waals surface area (Å²) in [6.07, 6.45) is 2.89. The van der Waals surface area contributed by atoms with Crippen LogP contribution < -0.4 is 10.7 Å². The Morgan fingerprint density at radius 2 is 1.88 bits per heavy atom. The van der Waals surface area contributed by atoms with Crippen LogP contribution in [0.4, 0.5) is 0 Å². The van der Waals surface area contributed by atoms with Gasteiger partial charge in [0.15, 0.2) is 0 Å². The van der Waals surface area contributed by atoms with E-state index in [1.165, 1.54) is 12.5 Å². The van der Waals surface area contributed by atoms with Gasteiger partial charge in [0, 0.05) is 5.56 Å². The van der Waals surface area contributed by atoms with Crippen LogP contribution in [0.1, 0.15) is 16.1 Å². The maximum Gasteiger partial charge on any atom is 0.259 e. The molecule has 2 N–H and O–H groups in total.